The topological polar surface area (TPSA) is 34.8 Å². The molecule has 1 N–H and O–H groups in total. The Morgan fingerprint density at radius 1 is 1.20 bits per heavy atom. The zero-order valence-electron chi connectivity index (χ0n) is 12.4. The minimum Gasteiger partial charge on any atom is -0.350 e. The molecule has 0 fully saturated rings. The highest BCUT2D eigenvalue weighted by atomic mass is 15.3. The molecule has 0 unspecified atom stereocenters. The van der Waals surface area contributed by atoms with E-state index in [4.69, 9.17) is 0 Å². The molecule has 0 aliphatic carbocycles. The number of aromatic nitrogens is 3. The van der Waals surface area contributed by atoms with Crippen molar-refractivity contribution in [3.8, 4) is 11.1 Å². The van der Waals surface area contributed by atoms with Gasteiger partial charge in [-0.15, -0.1) is 0 Å². The summed E-state index contributed by atoms with van der Waals surface area (Å²) >= 11 is 0. The lowest BCUT2D eigenvalue weighted by Gasteiger charge is -2.05. The van der Waals surface area contributed by atoms with E-state index in [0.29, 0.717) is 0 Å². The van der Waals surface area contributed by atoms with Gasteiger partial charge < -0.3 is 9.88 Å². The fourth-order valence-corrected chi connectivity index (χ4v) is 2.97. The second kappa shape index (κ2) is 4.80. The Hall–Kier alpha value is -2.07. The second-order valence-electron chi connectivity index (χ2n) is 5.23. The van der Waals surface area contributed by atoms with Gasteiger partial charge in [0.2, 0.25) is 0 Å². The summed E-state index contributed by atoms with van der Waals surface area (Å²) in [6, 6.07) is 8.51. The quantitative estimate of drug-likeness (QED) is 0.792. The first-order valence-electron chi connectivity index (χ1n) is 6.85. The van der Waals surface area contributed by atoms with Gasteiger partial charge in [-0.05, 0) is 20.0 Å². The second-order valence-corrected chi connectivity index (χ2v) is 5.23. The van der Waals surface area contributed by atoms with Crippen LogP contribution in [0.2, 0.25) is 0 Å². The molecular weight excluding hydrogens is 248 g/mol. The summed E-state index contributed by atoms with van der Waals surface area (Å²) < 4.78 is 4.16. The maximum absolute atomic E-state index is 4.59. The molecule has 0 amide bonds. The number of para-hydroxylation sites is 1. The number of rotatable bonds is 3. The molecule has 2 heterocycles. The van der Waals surface area contributed by atoms with Crippen LogP contribution in [-0.4, -0.2) is 21.4 Å². The van der Waals surface area contributed by atoms with Crippen molar-refractivity contribution in [2.24, 2.45) is 14.1 Å². The maximum Gasteiger partial charge on any atom is 0.0676 e. The van der Waals surface area contributed by atoms with Crippen molar-refractivity contribution in [2.75, 3.05) is 7.05 Å². The van der Waals surface area contributed by atoms with Crippen molar-refractivity contribution < 1.29 is 0 Å². The van der Waals surface area contributed by atoms with Gasteiger partial charge in [0.1, 0.15) is 0 Å². The molecule has 20 heavy (non-hydrogen) atoms. The molecule has 0 atom stereocenters. The molecule has 0 saturated heterocycles. The Morgan fingerprint density at radius 2 is 1.95 bits per heavy atom. The Kier molecular flexibility index (Phi) is 3.10. The predicted molar refractivity (Wildman–Crippen MR) is 82.6 cm³/mol. The zero-order chi connectivity index (χ0) is 14.3. The Morgan fingerprint density at radius 3 is 2.70 bits per heavy atom. The fourth-order valence-electron chi connectivity index (χ4n) is 2.97. The van der Waals surface area contributed by atoms with E-state index in [-0.39, 0.29) is 0 Å². The van der Waals surface area contributed by atoms with Gasteiger partial charge in [-0.2, -0.15) is 5.10 Å². The third kappa shape index (κ3) is 1.84. The Labute approximate surface area is 119 Å². The minimum absolute atomic E-state index is 0.815. The van der Waals surface area contributed by atoms with E-state index in [1.165, 1.54) is 27.7 Å². The van der Waals surface area contributed by atoms with Crippen molar-refractivity contribution in [3.63, 3.8) is 0 Å². The molecule has 3 aromatic rings. The largest absolute Gasteiger partial charge is 0.350 e. The first-order valence-corrected chi connectivity index (χ1v) is 6.85. The molecule has 3 rings (SSSR count). The number of nitrogens with one attached hydrogen (secondary N) is 1. The SMILES string of the molecule is CNCc1c(-c2cn(C)c3ccccc23)c(C)nn1C. The van der Waals surface area contributed by atoms with Gasteiger partial charge >= 0.3 is 0 Å². The van der Waals surface area contributed by atoms with Gasteiger partial charge in [-0.25, -0.2) is 0 Å². The molecular formula is C16H20N4. The van der Waals surface area contributed by atoms with Crippen LogP contribution in [0.1, 0.15) is 11.4 Å². The summed E-state index contributed by atoms with van der Waals surface area (Å²) in [5.41, 5.74) is 6.06. The molecule has 0 aliphatic heterocycles. The van der Waals surface area contributed by atoms with Crippen molar-refractivity contribution in [3.05, 3.63) is 41.9 Å². The average Bonchev–Trinajstić information content (AvgIpc) is 2.89. The zero-order valence-corrected chi connectivity index (χ0v) is 12.4. The summed E-state index contributed by atoms with van der Waals surface area (Å²) in [4.78, 5) is 0. The van der Waals surface area contributed by atoms with Gasteiger partial charge in [0.05, 0.1) is 11.4 Å². The standard InChI is InChI=1S/C16H20N4/c1-11-16(15(9-17-2)20(4)18-11)13-10-19(3)14-8-6-5-7-12(13)14/h5-8,10,17H,9H2,1-4H3. The summed E-state index contributed by atoms with van der Waals surface area (Å²) in [6.45, 7) is 2.90. The van der Waals surface area contributed by atoms with Gasteiger partial charge in [-0.3, -0.25) is 4.68 Å². The van der Waals surface area contributed by atoms with Crippen LogP contribution in [0, 0.1) is 6.92 Å². The lowest BCUT2D eigenvalue weighted by molar-refractivity contribution is 0.669. The molecule has 4 heteroatoms. The fraction of sp³-hybridized carbons (Fsp3) is 0.312. The molecule has 104 valence electrons. The molecule has 0 spiro atoms. The number of nitrogens with zero attached hydrogens (tertiary/aromatic N) is 3. The van der Waals surface area contributed by atoms with Crippen LogP contribution in [0.3, 0.4) is 0 Å². The maximum atomic E-state index is 4.59. The molecule has 0 bridgehead atoms. The van der Waals surface area contributed by atoms with E-state index in [0.717, 1.165) is 12.2 Å². The van der Waals surface area contributed by atoms with E-state index in [9.17, 15) is 0 Å². The number of aryl methyl sites for hydroxylation is 3. The van der Waals surface area contributed by atoms with Crippen LogP contribution >= 0.6 is 0 Å². The summed E-state index contributed by atoms with van der Waals surface area (Å²) in [5.74, 6) is 0. The lowest BCUT2D eigenvalue weighted by atomic mass is 10.0. The van der Waals surface area contributed by atoms with Crippen LogP contribution in [0.4, 0.5) is 0 Å². The predicted octanol–water partition coefficient (Wildman–Crippen LogP) is 2.61. The first kappa shape index (κ1) is 12.9. The van der Waals surface area contributed by atoms with Crippen LogP contribution < -0.4 is 5.32 Å². The number of benzene rings is 1. The minimum atomic E-state index is 0.815. The first-order chi connectivity index (χ1) is 9.63. The van der Waals surface area contributed by atoms with E-state index in [1.807, 2.05) is 18.8 Å². The van der Waals surface area contributed by atoms with Crippen LogP contribution in [-0.2, 0) is 20.6 Å². The van der Waals surface area contributed by atoms with Crippen LogP contribution in [0.5, 0.6) is 0 Å². The van der Waals surface area contributed by atoms with Gasteiger partial charge in [0.15, 0.2) is 0 Å². The van der Waals surface area contributed by atoms with Crippen LogP contribution in [0.15, 0.2) is 30.5 Å². The average molecular weight is 268 g/mol. The molecule has 0 aliphatic rings. The van der Waals surface area contributed by atoms with Crippen molar-refractivity contribution in [1.29, 1.82) is 0 Å². The normalized spacial score (nSPS) is 11.4. The number of hydrogen-bond donors (Lipinski definition) is 1. The summed E-state index contributed by atoms with van der Waals surface area (Å²) in [6.07, 6.45) is 2.20. The van der Waals surface area contributed by atoms with E-state index < -0.39 is 0 Å². The third-order valence-corrected chi connectivity index (χ3v) is 3.85. The smallest absolute Gasteiger partial charge is 0.0676 e. The highest BCUT2D eigenvalue weighted by Gasteiger charge is 2.18. The monoisotopic (exact) mass is 268 g/mol. The van der Waals surface area contributed by atoms with E-state index >= 15 is 0 Å². The van der Waals surface area contributed by atoms with E-state index in [2.05, 4.69) is 59.4 Å². The Bertz CT molecular complexity index is 764. The molecule has 2 aromatic heterocycles. The van der Waals surface area contributed by atoms with Crippen molar-refractivity contribution >= 4 is 10.9 Å². The van der Waals surface area contributed by atoms with Crippen molar-refractivity contribution in [2.45, 2.75) is 13.5 Å². The number of hydrogen-bond acceptors (Lipinski definition) is 2. The van der Waals surface area contributed by atoms with Gasteiger partial charge in [-0.1, -0.05) is 18.2 Å². The molecule has 1 aromatic carbocycles. The van der Waals surface area contributed by atoms with Gasteiger partial charge in [0.25, 0.3) is 0 Å². The highest BCUT2D eigenvalue weighted by molar-refractivity contribution is 5.97. The molecule has 0 saturated carbocycles. The Balaban J connectivity index is 2.31. The van der Waals surface area contributed by atoms with Crippen LogP contribution in [0.25, 0.3) is 22.0 Å². The van der Waals surface area contributed by atoms with E-state index in [1.54, 1.807) is 0 Å². The highest BCUT2D eigenvalue weighted by Crippen LogP contribution is 2.34. The number of fused-ring (bicyclic) bond motifs is 1. The summed E-state index contributed by atoms with van der Waals surface area (Å²) in [7, 11) is 6.07. The third-order valence-electron chi connectivity index (χ3n) is 3.85. The van der Waals surface area contributed by atoms with Crippen molar-refractivity contribution in [1.82, 2.24) is 19.7 Å². The molecule has 0 radical (unpaired) electrons. The summed E-state index contributed by atoms with van der Waals surface area (Å²) in [5, 5.41) is 9.11. The molecule has 4 nitrogen and oxygen atoms in total. The lowest BCUT2D eigenvalue weighted by Crippen LogP contribution is -2.10. The van der Waals surface area contributed by atoms with Gasteiger partial charge in [0, 0.05) is 48.9 Å².